The molecule has 15 heavy (non-hydrogen) atoms. The van der Waals surface area contributed by atoms with Crippen molar-refractivity contribution < 1.29 is 5.11 Å². The van der Waals surface area contributed by atoms with E-state index in [1.165, 1.54) is 11.3 Å². The molecule has 0 amide bonds. The third-order valence-electron chi connectivity index (χ3n) is 1.88. The summed E-state index contributed by atoms with van der Waals surface area (Å²) in [7, 11) is 0. The normalized spacial score (nSPS) is 10.6. The third-order valence-corrected chi connectivity index (χ3v) is 4.12. The van der Waals surface area contributed by atoms with Gasteiger partial charge in [0.25, 0.3) is 0 Å². The molecule has 0 aliphatic rings. The minimum absolute atomic E-state index is 0.0342. The predicted molar refractivity (Wildman–Crippen MR) is 66.2 cm³/mol. The highest BCUT2D eigenvalue weighted by Gasteiger charge is 2.06. The maximum atomic E-state index is 8.94. The molecule has 2 aromatic rings. The number of halogens is 2. The number of aliphatic hydroxyl groups is 1. The van der Waals surface area contributed by atoms with Crippen molar-refractivity contribution in [1.82, 2.24) is 4.98 Å². The van der Waals surface area contributed by atoms with Crippen LogP contribution in [0.25, 0.3) is 10.6 Å². The second kappa shape index (κ2) is 4.61. The monoisotopic (exact) mass is 303 g/mol. The van der Waals surface area contributed by atoms with Gasteiger partial charge in [0.15, 0.2) is 0 Å². The second-order valence-electron chi connectivity index (χ2n) is 2.92. The fourth-order valence-electron chi connectivity index (χ4n) is 1.14. The molecule has 0 radical (unpaired) electrons. The molecule has 1 aromatic carbocycles. The molecule has 0 spiro atoms. The lowest BCUT2D eigenvalue weighted by molar-refractivity contribution is 0.285. The number of hydrogen-bond donors (Lipinski definition) is 1. The Balaban J connectivity index is 2.40. The summed E-state index contributed by atoms with van der Waals surface area (Å²) in [5.41, 5.74) is 0.996. The molecular weight excluding hydrogens is 298 g/mol. The van der Waals surface area contributed by atoms with E-state index in [4.69, 9.17) is 16.7 Å². The van der Waals surface area contributed by atoms with Crippen LogP contribution in [0, 0.1) is 0 Å². The zero-order valence-electron chi connectivity index (χ0n) is 7.58. The molecule has 0 bridgehead atoms. The summed E-state index contributed by atoms with van der Waals surface area (Å²) in [6.07, 6.45) is 1.68. The first-order chi connectivity index (χ1) is 7.20. The maximum absolute atomic E-state index is 8.94. The minimum atomic E-state index is 0.0342. The molecule has 2 rings (SSSR count). The number of hydrogen-bond acceptors (Lipinski definition) is 3. The lowest BCUT2D eigenvalue weighted by Crippen LogP contribution is -1.76. The summed E-state index contributed by atoms with van der Waals surface area (Å²) in [4.78, 5) is 5.08. The van der Waals surface area contributed by atoms with E-state index >= 15 is 0 Å². The van der Waals surface area contributed by atoms with Gasteiger partial charge in [0.05, 0.1) is 16.5 Å². The highest BCUT2D eigenvalue weighted by Crippen LogP contribution is 2.31. The van der Waals surface area contributed by atoms with Gasteiger partial charge in [-0.05, 0) is 28.1 Å². The Bertz CT molecular complexity index is 486. The molecule has 0 aliphatic carbocycles. The number of thiazole rings is 1. The van der Waals surface area contributed by atoms with E-state index in [9.17, 15) is 0 Å². The van der Waals surface area contributed by atoms with Crippen molar-refractivity contribution in [2.45, 2.75) is 6.61 Å². The predicted octanol–water partition coefficient (Wildman–Crippen LogP) is 3.72. The van der Waals surface area contributed by atoms with E-state index in [2.05, 4.69) is 20.9 Å². The van der Waals surface area contributed by atoms with Crippen molar-refractivity contribution in [3.8, 4) is 10.6 Å². The largest absolute Gasteiger partial charge is 0.391 e. The molecule has 0 aliphatic heterocycles. The molecule has 0 saturated heterocycles. The number of rotatable bonds is 2. The molecular formula is C10H7BrClNOS. The first kappa shape index (κ1) is 11.1. The first-order valence-corrected chi connectivity index (χ1v) is 6.20. The zero-order valence-corrected chi connectivity index (χ0v) is 10.7. The summed E-state index contributed by atoms with van der Waals surface area (Å²) in [6, 6.07) is 5.65. The van der Waals surface area contributed by atoms with E-state index in [0.717, 1.165) is 19.9 Å². The summed E-state index contributed by atoms with van der Waals surface area (Å²) >= 11 is 10.7. The Kier molecular flexibility index (Phi) is 3.41. The molecule has 2 nitrogen and oxygen atoms in total. The number of aliphatic hydroxyl groups excluding tert-OH is 1. The van der Waals surface area contributed by atoms with Gasteiger partial charge < -0.3 is 5.11 Å². The van der Waals surface area contributed by atoms with Crippen molar-refractivity contribution in [2.24, 2.45) is 0 Å². The number of nitrogens with zero attached hydrogens (tertiary/aromatic N) is 1. The molecule has 0 fully saturated rings. The van der Waals surface area contributed by atoms with Gasteiger partial charge in [0, 0.05) is 16.2 Å². The van der Waals surface area contributed by atoms with Crippen molar-refractivity contribution in [3.05, 3.63) is 38.8 Å². The standard InChI is InChI=1S/C10H7BrClNOS/c11-8-3-6(1-2-9(8)12)10-13-4-7(5-14)15-10/h1-4,14H,5H2. The average molecular weight is 305 g/mol. The van der Waals surface area contributed by atoms with Crippen LogP contribution in [0.5, 0.6) is 0 Å². The van der Waals surface area contributed by atoms with E-state index < -0.39 is 0 Å². The Hall–Kier alpha value is -0.420. The Labute approximate surface area is 105 Å². The second-order valence-corrected chi connectivity index (χ2v) is 5.30. The number of benzene rings is 1. The molecule has 1 heterocycles. The highest BCUT2D eigenvalue weighted by molar-refractivity contribution is 9.10. The molecule has 0 unspecified atom stereocenters. The Morgan fingerprint density at radius 2 is 2.27 bits per heavy atom. The summed E-state index contributed by atoms with van der Waals surface area (Å²) in [6.45, 7) is 0.0342. The van der Waals surface area contributed by atoms with Gasteiger partial charge in [-0.1, -0.05) is 17.7 Å². The van der Waals surface area contributed by atoms with E-state index in [0.29, 0.717) is 5.02 Å². The van der Waals surface area contributed by atoms with Crippen molar-refractivity contribution in [2.75, 3.05) is 0 Å². The van der Waals surface area contributed by atoms with Gasteiger partial charge in [-0.3, -0.25) is 0 Å². The quantitative estimate of drug-likeness (QED) is 0.917. The third kappa shape index (κ3) is 2.39. The van der Waals surface area contributed by atoms with Crippen LogP contribution in [0.15, 0.2) is 28.9 Å². The summed E-state index contributed by atoms with van der Waals surface area (Å²) in [5, 5.41) is 10.5. The van der Waals surface area contributed by atoms with Gasteiger partial charge >= 0.3 is 0 Å². The van der Waals surface area contributed by atoms with Crippen LogP contribution >= 0.6 is 38.9 Å². The van der Waals surface area contributed by atoms with Crippen molar-refractivity contribution >= 4 is 38.9 Å². The molecule has 5 heteroatoms. The fraction of sp³-hybridized carbons (Fsp3) is 0.100. The van der Waals surface area contributed by atoms with Crippen LogP contribution in [0.1, 0.15) is 4.88 Å². The van der Waals surface area contributed by atoms with Crippen LogP contribution in [0.2, 0.25) is 5.02 Å². The summed E-state index contributed by atoms with van der Waals surface area (Å²) < 4.78 is 0.849. The minimum Gasteiger partial charge on any atom is -0.391 e. The molecule has 0 saturated carbocycles. The Morgan fingerprint density at radius 3 is 2.87 bits per heavy atom. The van der Waals surface area contributed by atoms with Crippen LogP contribution in [0.3, 0.4) is 0 Å². The van der Waals surface area contributed by atoms with Crippen LogP contribution in [-0.2, 0) is 6.61 Å². The lowest BCUT2D eigenvalue weighted by atomic mass is 10.2. The fourth-order valence-corrected chi connectivity index (χ4v) is 2.41. The van der Waals surface area contributed by atoms with E-state index in [1.807, 2.05) is 18.2 Å². The van der Waals surface area contributed by atoms with Gasteiger partial charge in [0.2, 0.25) is 0 Å². The van der Waals surface area contributed by atoms with Crippen molar-refractivity contribution in [1.29, 1.82) is 0 Å². The van der Waals surface area contributed by atoms with E-state index in [1.54, 1.807) is 6.20 Å². The zero-order chi connectivity index (χ0) is 10.8. The molecule has 0 atom stereocenters. The molecule has 1 N–H and O–H groups in total. The Morgan fingerprint density at radius 1 is 1.47 bits per heavy atom. The van der Waals surface area contributed by atoms with Crippen molar-refractivity contribution in [3.63, 3.8) is 0 Å². The van der Waals surface area contributed by atoms with Gasteiger partial charge in [0.1, 0.15) is 5.01 Å². The van der Waals surface area contributed by atoms with Gasteiger partial charge in [-0.2, -0.15) is 0 Å². The summed E-state index contributed by atoms with van der Waals surface area (Å²) in [5.74, 6) is 0. The van der Waals surface area contributed by atoms with Gasteiger partial charge in [-0.25, -0.2) is 4.98 Å². The van der Waals surface area contributed by atoms with Crippen LogP contribution in [0.4, 0.5) is 0 Å². The van der Waals surface area contributed by atoms with Gasteiger partial charge in [-0.15, -0.1) is 11.3 Å². The van der Waals surface area contributed by atoms with Crippen LogP contribution < -0.4 is 0 Å². The molecule has 1 aromatic heterocycles. The molecule has 78 valence electrons. The number of aromatic nitrogens is 1. The topological polar surface area (TPSA) is 33.1 Å². The smallest absolute Gasteiger partial charge is 0.123 e. The van der Waals surface area contributed by atoms with Crippen LogP contribution in [-0.4, -0.2) is 10.1 Å². The highest BCUT2D eigenvalue weighted by atomic mass is 79.9. The maximum Gasteiger partial charge on any atom is 0.123 e. The SMILES string of the molecule is OCc1cnc(-c2ccc(Cl)c(Br)c2)s1. The lowest BCUT2D eigenvalue weighted by Gasteiger charge is -1.99. The average Bonchev–Trinajstić information content (AvgIpc) is 2.70. The van der Waals surface area contributed by atoms with E-state index in [-0.39, 0.29) is 6.61 Å². The first-order valence-electron chi connectivity index (χ1n) is 4.21.